The molecule has 0 aromatic carbocycles. The maximum absolute atomic E-state index is 12.8. The zero-order valence-corrected chi connectivity index (χ0v) is 24.2. The lowest BCUT2D eigenvalue weighted by atomic mass is 9.45. The first-order valence-corrected chi connectivity index (χ1v) is 13.5. The van der Waals surface area contributed by atoms with E-state index in [9.17, 15) is 34.5 Å². The fourth-order valence-electron chi connectivity index (χ4n) is 7.73. The Kier molecular flexibility index (Phi) is 7.44. The van der Waals surface area contributed by atoms with Crippen molar-refractivity contribution in [2.75, 3.05) is 6.61 Å². The van der Waals surface area contributed by atoms with Gasteiger partial charge in [0.15, 0.2) is 6.10 Å². The number of rotatable bonds is 4. The Hall–Kier alpha value is -2.54. The lowest BCUT2D eigenvalue weighted by Crippen LogP contribution is -2.76. The molecule has 1 saturated heterocycles. The normalized spacial score (nSPS) is 43.5. The molecule has 3 N–H and O–H groups in total. The van der Waals surface area contributed by atoms with Gasteiger partial charge in [0.1, 0.15) is 35.6 Å². The topological polar surface area (TPSA) is 178 Å². The molecule has 1 spiro atoms. The van der Waals surface area contributed by atoms with E-state index in [0.29, 0.717) is 5.57 Å². The van der Waals surface area contributed by atoms with E-state index in [4.69, 9.17) is 23.7 Å². The summed E-state index contributed by atoms with van der Waals surface area (Å²) in [5.41, 5.74) is -5.57. The molecule has 0 unspecified atom stereocenters. The van der Waals surface area contributed by atoms with Gasteiger partial charge in [0.2, 0.25) is 0 Å². The summed E-state index contributed by atoms with van der Waals surface area (Å²) in [5.74, 6) is -3.90. The summed E-state index contributed by atoms with van der Waals surface area (Å²) in [6, 6.07) is 0. The highest BCUT2D eigenvalue weighted by atomic mass is 16.6. The fraction of sp³-hybridized carbons (Fsp3) is 0.786. The van der Waals surface area contributed by atoms with Crippen molar-refractivity contribution < 1.29 is 58.2 Å². The minimum Gasteiger partial charge on any atom is -0.459 e. The Labute approximate surface area is 232 Å². The molecule has 3 fully saturated rings. The van der Waals surface area contributed by atoms with E-state index in [1.807, 2.05) is 0 Å². The van der Waals surface area contributed by atoms with Crippen LogP contribution in [0.25, 0.3) is 0 Å². The second kappa shape index (κ2) is 9.78. The quantitative estimate of drug-likeness (QED) is 0.188. The number of epoxide rings is 1. The van der Waals surface area contributed by atoms with Gasteiger partial charge in [-0.3, -0.25) is 19.2 Å². The molecule has 3 aliphatic carbocycles. The Morgan fingerprint density at radius 1 is 0.875 bits per heavy atom. The highest BCUT2D eigenvalue weighted by Gasteiger charge is 2.78. The van der Waals surface area contributed by atoms with Gasteiger partial charge in [0.25, 0.3) is 0 Å². The van der Waals surface area contributed by atoms with Gasteiger partial charge >= 0.3 is 23.9 Å². The summed E-state index contributed by atoms with van der Waals surface area (Å²) in [5, 5.41) is 36.6. The molecule has 0 radical (unpaired) electrons. The maximum atomic E-state index is 12.8. The van der Waals surface area contributed by atoms with Gasteiger partial charge < -0.3 is 39.0 Å². The van der Waals surface area contributed by atoms with Gasteiger partial charge in [0.05, 0.1) is 12.7 Å². The highest BCUT2D eigenvalue weighted by Crippen LogP contribution is 2.66. The van der Waals surface area contributed by atoms with Crippen molar-refractivity contribution in [2.24, 2.45) is 16.7 Å². The molecule has 10 atom stereocenters. The zero-order valence-electron chi connectivity index (χ0n) is 24.2. The summed E-state index contributed by atoms with van der Waals surface area (Å²) in [4.78, 5) is 49.2. The van der Waals surface area contributed by atoms with Gasteiger partial charge in [-0.05, 0) is 18.1 Å². The number of hydrogen-bond acceptors (Lipinski definition) is 12. The lowest BCUT2D eigenvalue weighted by molar-refractivity contribution is -0.280. The lowest BCUT2D eigenvalue weighted by Gasteiger charge is -2.64. The zero-order chi connectivity index (χ0) is 30.2. The summed E-state index contributed by atoms with van der Waals surface area (Å²) >= 11 is 0. The molecule has 224 valence electrons. The van der Waals surface area contributed by atoms with E-state index >= 15 is 0 Å². The summed E-state index contributed by atoms with van der Waals surface area (Å²) in [6.07, 6.45) is -8.18. The Morgan fingerprint density at radius 2 is 1.40 bits per heavy atom. The summed E-state index contributed by atoms with van der Waals surface area (Å²) in [6.45, 7) is 11.3. The molecule has 4 rings (SSSR count). The predicted octanol–water partition coefficient (Wildman–Crippen LogP) is 0.721. The summed E-state index contributed by atoms with van der Waals surface area (Å²) < 4.78 is 28.8. The van der Waals surface area contributed by atoms with E-state index in [-0.39, 0.29) is 25.0 Å². The van der Waals surface area contributed by atoms with Crippen LogP contribution < -0.4 is 0 Å². The Bertz CT molecular complexity index is 1140. The van der Waals surface area contributed by atoms with Crippen LogP contribution in [0, 0.1) is 16.7 Å². The maximum Gasteiger partial charge on any atom is 0.303 e. The van der Waals surface area contributed by atoms with Crippen LogP contribution in [-0.2, 0) is 42.9 Å². The molecular formula is C28H40O12. The number of esters is 4. The summed E-state index contributed by atoms with van der Waals surface area (Å²) in [7, 11) is 0. The van der Waals surface area contributed by atoms with Crippen molar-refractivity contribution in [3.8, 4) is 0 Å². The molecule has 12 heteroatoms. The minimum absolute atomic E-state index is 0.0201. The van der Waals surface area contributed by atoms with Crippen LogP contribution in [0.3, 0.4) is 0 Å². The minimum atomic E-state index is -2.01. The second-order valence-corrected chi connectivity index (χ2v) is 12.4. The second-order valence-electron chi connectivity index (χ2n) is 12.4. The van der Waals surface area contributed by atoms with Gasteiger partial charge in [0, 0.05) is 57.3 Å². The first-order valence-electron chi connectivity index (χ1n) is 13.5. The number of ether oxygens (including phenoxy) is 5. The highest BCUT2D eigenvalue weighted by molar-refractivity contribution is 5.69. The number of aliphatic hydroxyl groups excluding tert-OH is 2. The van der Waals surface area contributed by atoms with E-state index in [1.165, 1.54) is 27.7 Å². The van der Waals surface area contributed by atoms with Crippen LogP contribution in [0.4, 0.5) is 0 Å². The van der Waals surface area contributed by atoms with Crippen LogP contribution in [0.2, 0.25) is 0 Å². The van der Waals surface area contributed by atoms with Crippen LogP contribution >= 0.6 is 0 Å². The van der Waals surface area contributed by atoms with Crippen molar-refractivity contribution in [3.05, 3.63) is 11.1 Å². The van der Waals surface area contributed by atoms with E-state index in [1.54, 1.807) is 27.7 Å². The van der Waals surface area contributed by atoms with Crippen LogP contribution in [0.1, 0.15) is 68.2 Å². The van der Waals surface area contributed by atoms with Crippen molar-refractivity contribution in [3.63, 3.8) is 0 Å². The average molecular weight is 569 g/mol. The fourth-order valence-corrected chi connectivity index (χ4v) is 7.73. The molecule has 40 heavy (non-hydrogen) atoms. The van der Waals surface area contributed by atoms with Crippen molar-refractivity contribution in [1.82, 2.24) is 0 Å². The largest absolute Gasteiger partial charge is 0.459 e. The third kappa shape index (κ3) is 4.34. The molecule has 2 bridgehead atoms. The number of aliphatic hydroxyl groups is 3. The van der Waals surface area contributed by atoms with Gasteiger partial charge in [-0.25, -0.2) is 0 Å². The van der Waals surface area contributed by atoms with E-state index < -0.39 is 88.5 Å². The molecule has 0 aromatic rings. The molecule has 1 heterocycles. The SMILES string of the molecule is CC(=O)O[C@H]1C[C@@]2(O)[C@@H](OC(C)=O)[C@@H]3[C@@]4(CO4)[C@@H](OC(C)=O)C[C@H](O)[C@@]3(C)[C@@H](O)[C@H](OC(C)=O)C(=C1C)C2(C)C. The van der Waals surface area contributed by atoms with Crippen LogP contribution in [-0.4, -0.2) is 93.6 Å². The van der Waals surface area contributed by atoms with E-state index in [0.717, 1.165) is 0 Å². The first-order chi connectivity index (χ1) is 18.3. The van der Waals surface area contributed by atoms with Gasteiger partial charge in [-0.2, -0.15) is 0 Å². The Balaban J connectivity index is 2.08. The number of carbonyl (C=O) groups is 4. The average Bonchev–Trinajstić information content (AvgIpc) is 3.59. The molecular weight excluding hydrogens is 528 g/mol. The third-order valence-corrected chi connectivity index (χ3v) is 9.72. The molecule has 12 nitrogen and oxygen atoms in total. The van der Waals surface area contributed by atoms with Gasteiger partial charge in [-0.15, -0.1) is 0 Å². The van der Waals surface area contributed by atoms with Gasteiger partial charge in [-0.1, -0.05) is 20.8 Å². The standard InChI is InChI=1S/C28H40O12/c1-12-17(37-13(2)29)10-28(35)24(40-16(5)32)22-26(8,18(33)9-19(38-14(3)30)27(22)11-36-27)23(34)21(39-15(4)31)20(12)25(28,6)7/h17-19,21-24,33-35H,9-11H2,1-8H3/t17-,18-,19-,21+,22-,23-,24-,26+,27+,28+/m0/s1. The van der Waals surface area contributed by atoms with Crippen LogP contribution in [0.15, 0.2) is 11.1 Å². The molecule has 0 amide bonds. The number of fused-ring (bicyclic) bond motifs is 4. The monoisotopic (exact) mass is 568 g/mol. The van der Waals surface area contributed by atoms with E-state index in [2.05, 4.69) is 0 Å². The number of carbonyl (C=O) groups excluding carboxylic acids is 4. The van der Waals surface area contributed by atoms with Crippen molar-refractivity contribution >= 4 is 23.9 Å². The number of hydrogen-bond donors (Lipinski definition) is 3. The van der Waals surface area contributed by atoms with Crippen LogP contribution in [0.5, 0.6) is 0 Å². The van der Waals surface area contributed by atoms with Crippen molar-refractivity contribution in [2.45, 2.75) is 116 Å². The molecule has 4 aliphatic rings. The predicted molar refractivity (Wildman–Crippen MR) is 135 cm³/mol. The molecule has 1 aliphatic heterocycles. The Morgan fingerprint density at radius 3 is 1.88 bits per heavy atom. The smallest absolute Gasteiger partial charge is 0.303 e. The van der Waals surface area contributed by atoms with Crippen molar-refractivity contribution in [1.29, 1.82) is 0 Å². The third-order valence-electron chi connectivity index (χ3n) is 9.72. The molecule has 2 saturated carbocycles. The molecule has 0 aromatic heterocycles. The first kappa shape index (κ1) is 30.4.